The third kappa shape index (κ3) is 6.34. The SMILES string of the molecule is COc1ccnc(C(=O)N[C@@H](C)C(=O)O[C@H](C(C)C)[C@H](C)Oc2ccc(C)cc2)c1O. The highest BCUT2D eigenvalue weighted by molar-refractivity contribution is 5.97. The maximum atomic E-state index is 12.6. The van der Waals surface area contributed by atoms with E-state index in [2.05, 4.69) is 10.3 Å². The summed E-state index contributed by atoms with van der Waals surface area (Å²) in [5.41, 5.74) is 0.878. The van der Waals surface area contributed by atoms with Crippen LogP contribution in [0.25, 0.3) is 0 Å². The van der Waals surface area contributed by atoms with Crippen LogP contribution in [0.2, 0.25) is 0 Å². The van der Waals surface area contributed by atoms with Gasteiger partial charge >= 0.3 is 5.97 Å². The summed E-state index contributed by atoms with van der Waals surface area (Å²) in [5, 5.41) is 12.6. The molecule has 168 valence electrons. The van der Waals surface area contributed by atoms with Gasteiger partial charge in [-0.25, -0.2) is 9.78 Å². The Kier molecular flexibility index (Phi) is 8.24. The van der Waals surface area contributed by atoms with Crippen LogP contribution in [0.5, 0.6) is 17.2 Å². The molecule has 0 aliphatic heterocycles. The lowest BCUT2D eigenvalue weighted by atomic mass is 10.0. The quantitative estimate of drug-likeness (QED) is 0.588. The number of aromatic nitrogens is 1. The standard InChI is InChI=1S/C23H30N2O6/c1-13(2)21(16(5)30-17-9-7-14(3)8-10-17)31-23(28)15(4)25-22(27)19-20(26)18(29-6)11-12-24-19/h7-13,15-16,21,26H,1-6H3,(H,25,27)/t15-,16-,21+/m0/s1. The molecule has 0 aliphatic rings. The van der Waals surface area contributed by atoms with Crippen molar-refractivity contribution >= 4 is 11.9 Å². The Bertz CT molecular complexity index is 897. The van der Waals surface area contributed by atoms with Gasteiger partial charge in [0.15, 0.2) is 17.2 Å². The lowest BCUT2D eigenvalue weighted by Crippen LogP contribution is -2.45. The smallest absolute Gasteiger partial charge is 0.328 e. The van der Waals surface area contributed by atoms with Crippen LogP contribution in [0.3, 0.4) is 0 Å². The molecule has 0 fully saturated rings. The second-order valence-electron chi connectivity index (χ2n) is 7.69. The van der Waals surface area contributed by atoms with Gasteiger partial charge in [0.1, 0.15) is 24.0 Å². The predicted octanol–water partition coefficient (Wildman–Crippen LogP) is 3.26. The number of amides is 1. The third-order valence-electron chi connectivity index (χ3n) is 4.74. The molecule has 1 amide bonds. The van der Waals surface area contributed by atoms with Crippen LogP contribution in [0.1, 0.15) is 43.7 Å². The normalized spacial score (nSPS) is 13.8. The van der Waals surface area contributed by atoms with Gasteiger partial charge in [0.05, 0.1) is 7.11 Å². The van der Waals surface area contributed by atoms with E-state index in [0.717, 1.165) is 5.56 Å². The van der Waals surface area contributed by atoms with Gasteiger partial charge in [0.25, 0.3) is 5.91 Å². The van der Waals surface area contributed by atoms with E-state index in [0.29, 0.717) is 5.75 Å². The van der Waals surface area contributed by atoms with Gasteiger partial charge in [-0.2, -0.15) is 0 Å². The summed E-state index contributed by atoms with van der Waals surface area (Å²) in [7, 11) is 1.36. The van der Waals surface area contributed by atoms with Crippen molar-refractivity contribution in [3.05, 3.63) is 47.8 Å². The van der Waals surface area contributed by atoms with Crippen molar-refractivity contribution in [3.8, 4) is 17.2 Å². The number of nitrogens with zero attached hydrogens (tertiary/aromatic N) is 1. The Balaban J connectivity index is 2.02. The maximum absolute atomic E-state index is 12.6. The molecule has 1 aromatic carbocycles. The number of hydrogen-bond donors (Lipinski definition) is 2. The number of hydrogen-bond acceptors (Lipinski definition) is 7. The molecule has 2 aromatic rings. The molecular formula is C23H30N2O6. The minimum Gasteiger partial charge on any atom is -0.503 e. The van der Waals surface area contributed by atoms with Crippen molar-refractivity contribution in [2.45, 2.75) is 52.9 Å². The van der Waals surface area contributed by atoms with E-state index in [1.54, 1.807) is 0 Å². The van der Waals surface area contributed by atoms with Crippen molar-refractivity contribution in [1.29, 1.82) is 0 Å². The van der Waals surface area contributed by atoms with Gasteiger partial charge in [-0.3, -0.25) is 4.79 Å². The Morgan fingerprint density at radius 2 is 1.71 bits per heavy atom. The van der Waals surface area contributed by atoms with E-state index in [9.17, 15) is 14.7 Å². The molecule has 0 unspecified atom stereocenters. The van der Waals surface area contributed by atoms with Gasteiger partial charge in [-0.05, 0) is 38.8 Å². The zero-order chi connectivity index (χ0) is 23.1. The summed E-state index contributed by atoms with van der Waals surface area (Å²) in [4.78, 5) is 28.9. The van der Waals surface area contributed by atoms with E-state index in [1.165, 1.54) is 26.3 Å². The van der Waals surface area contributed by atoms with E-state index in [-0.39, 0.29) is 17.4 Å². The van der Waals surface area contributed by atoms with E-state index < -0.39 is 35.9 Å². The average Bonchev–Trinajstić information content (AvgIpc) is 2.73. The van der Waals surface area contributed by atoms with Crippen molar-refractivity contribution in [2.24, 2.45) is 5.92 Å². The van der Waals surface area contributed by atoms with Crippen LogP contribution in [0.15, 0.2) is 36.5 Å². The number of carbonyl (C=O) groups is 2. The third-order valence-corrected chi connectivity index (χ3v) is 4.74. The minimum atomic E-state index is -0.965. The van der Waals surface area contributed by atoms with E-state index in [1.807, 2.05) is 52.0 Å². The first kappa shape index (κ1) is 24.0. The summed E-state index contributed by atoms with van der Waals surface area (Å²) < 4.78 is 16.6. The first-order chi connectivity index (χ1) is 14.6. The summed E-state index contributed by atoms with van der Waals surface area (Å²) in [6.45, 7) is 9.17. The van der Waals surface area contributed by atoms with Crippen LogP contribution in [-0.2, 0) is 9.53 Å². The fraction of sp³-hybridized carbons (Fsp3) is 0.435. The number of esters is 1. The molecule has 0 aliphatic carbocycles. The molecule has 2 N–H and O–H groups in total. The second-order valence-corrected chi connectivity index (χ2v) is 7.69. The van der Waals surface area contributed by atoms with Crippen LogP contribution >= 0.6 is 0 Å². The molecule has 3 atom stereocenters. The molecule has 0 saturated carbocycles. The average molecular weight is 431 g/mol. The molecular weight excluding hydrogens is 400 g/mol. The fourth-order valence-electron chi connectivity index (χ4n) is 3.00. The molecule has 0 bridgehead atoms. The topological polar surface area (TPSA) is 107 Å². The number of methoxy groups -OCH3 is 1. The molecule has 8 heteroatoms. The highest BCUT2D eigenvalue weighted by atomic mass is 16.6. The lowest BCUT2D eigenvalue weighted by Gasteiger charge is -2.29. The van der Waals surface area contributed by atoms with Gasteiger partial charge in [0, 0.05) is 12.3 Å². The van der Waals surface area contributed by atoms with Gasteiger partial charge in [-0.1, -0.05) is 31.5 Å². The number of pyridine rings is 1. The summed E-state index contributed by atoms with van der Waals surface area (Å²) in [5.74, 6) is -0.961. The number of rotatable bonds is 9. The monoisotopic (exact) mass is 430 g/mol. The number of benzene rings is 1. The molecule has 1 aromatic heterocycles. The number of aromatic hydroxyl groups is 1. The molecule has 0 radical (unpaired) electrons. The number of nitrogens with one attached hydrogen (secondary N) is 1. The minimum absolute atomic E-state index is 0.0172. The van der Waals surface area contributed by atoms with Crippen LogP contribution in [-0.4, -0.2) is 47.3 Å². The number of aryl methyl sites for hydroxylation is 1. The van der Waals surface area contributed by atoms with E-state index in [4.69, 9.17) is 14.2 Å². The van der Waals surface area contributed by atoms with Crippen LogP contribution in [0.4, 0.5) is 0 Å². The zero-order valence-corrected chi connectivity index (χ0v) is 18.7. The highest BCUT2D eigenvalue weighted by Crippen LogP contribution is 2.27. The highest BCUT2D eigenvalue weighted by Gasteiger charge is 2.30. The van der Waals surface area contributed by atoms with Crippen molar-refractivity contribution in [2.75, 3.05) is 7.11 Å². The van der Waals surface area contributed by atoms with E-state index >= 15 is 0 Å². The number of ether oxygens (including phenoxy) is 3. The van der Waals surface area contributed by atoms with Crippen LogP contribution < -0.4 is 14.8 Å². The predicted molar refractivity (Wildman–Crippen MR) is 115 cm³/mol. The molecule has 1 heterocycles. The van der Waals surface area contributed by atoms with Crippen molar-refractivity contribution in [3.63, 3.8) is 0 Å². The Labute approximate surface area is 182 Å². The second kappa shape index (κ2) is 10.7. The largest absolute Gasteiger partial charge is 0.503 e. The Morgan fingerprint density at radius 1 is 1.06 bits per heavy atom. The molecule has 2 rings (SSSR count). The molecule has 31 heavy (non-hydrogen) atoms. The first-order valence-corrected chi connectivity index (χ1v) is 10.1. The van der Waals surface area contributed by atoms with Gasteiger partial charge in [0.2, 0.25) is 0 Å². The van der Waals surface area contributed by atoms with Crippen molar-refractivity contribution in [1.82, 2.24) is 10.3 Å². The summed E-state index contributed by atoms with van der Waals surface area (Å²) in [6.07, 6.45) is 0.394. The molecule has 8 nitrogen and oxygen atoms in total. The number of carbonyl (C=O) groups excluding carboxylic acids is 2. The van der Waals surface area contributed by atoms with Gasteiger partial charge < -0.3 is 24.6 Å². The Morgan fingerprint density at radius 3 is 2.29 bits per heavy atom. The Hall–Kier alpha value is -3.29. The molecule has 0 saturated heterocycles. The maximum Gasteiger partial charge on any atom is 0.328 e. The van der Waals surface area contributed by atoms with Crippen molar-refractivity contribution < 1.29 is 28.9 Å². The lowest BCUT2D eigenvalue weighted by molar-refractivity contribution is -0.158. The van der Waals surface area contributed by atoms with Gasteiger partial charge in [-0.15, -0.1) is 0 Å². The summed E-state index contributed by atoms with van der Waals surface area (Å²) in [6, 6.07) is 8.07. The first-order valence-electron chi connectivity index (χ1n) is 10.1. The van der Waals surface area contributed by atoms with Crippen LogP contribution in [0, 0.1) is 12.8 Å². The summed E-state index contributed by atoms with van der Waals surface area (Å²) >= 11 is 0. The molecule has 0 spiro atoms. The fourth-order valence-corrected chi connectivity index (χ4v) is 3.00. The zero-order valence-electron chi connectivity index (χ0n) is 18.7.